The molecule has 0 fully saturated rings. The predicted octanol–water partition coefficient (Wildman–Crippen LogP) is 4.11. The zero-order valence-electron chi connectivity index (χ0n) is 9.75. The summed E-state index contributed by atoms with van der Waals surface area (Å²) in [6.45, 7) is 1.78. The smallest absolute Gasteiger partial charge is 0.275 e. The first kappa shape index (κ1) is 14.2. The fourth-order valence-corrected chi connectivity index (χ4v) is 2.48. The molecule has 1 amide bonds. The van der Waals surface area contributed by atoms with Gasteiger partial charge < -0.3 is 5.32 Å². The fourth-order valence-electron chi connectivity index (χ4n) is 1.47. The summed E-state index contributed by atoms with van der Waals surface area (Å²) in [7, 11) is 0. The van der Waals surface area contributed by atoms with Gasteiger partial charge >= 0.3 is 0 Å². The summed E-state index contributed by atoms with van der Waals surface area (Å²) in [6.07, 6.45) is 1.54. The van der Waals surface area contributed by atoms with Crippen LogP contribution in [0.15, 0.2) is 28.9 Å². The van der Waals surface area contributed by atoms with E-state index in [-0.39, 0.29) is 21.9 Å². The molecule has 0 aromatic carbocycles. The molecule has 0 radical (unpaired) electrons. The third kappa shape index (κ3) is 3.23. The van der Waals surface area contributed by atoms with Gasteiger partial charge in [-0.2, -0.15) is 0 Å². The SMILES string of the molecule is Cc1cc(Cl)nc(Cl)c1NC(=O)c1ncccc1Br. The highest BCUT2D eigenvalue weighted by Gasteiger charge is 2.15. The lowest BCUT2D eigenvalue weighted by atomic mass is 10.2. The van der Waals surface area contributed by atoms with E-state index >= 15 is 0 Å². The second kappa shape index (κ2) is 5.86. The molecule has 2 aromatic rings. The molecule has 0 atom stereocenters. The first-order chi connectivity index (χ1) is 8.99. The monoisotopic (exact) mass is 359 g/mol. The minimum atomic E-state index is -0.374. The van der Waals surface area contributed by atoms with E-state index in [1.807, 2.05) is 0 Å². The van der Waals surface area contributed by atoms with Crippen LogP contribution in [0.2, 0.25) is 10.3 Å². The van der Waals surface area contributed by atoms with Crippen molar-refractivity contribution >= 4 is 50.7 Å². The summed E-state index contributed by atoms with van der Waals surface area (Å²) < 4.78 is 0.600. The van der Waals surface area contributed by atoms with Crippen molar-refractivity contribution in [2.24, 2.45) is 0 Å². The summed E-state index contributed by atoms with van der Waals surface area (Å²) in [5, 5.41) is 3.10. The molecule has 0 aliphatic rings. The van der Waals surface area contributed by atoms with Crippen LogP contribution in [0.1, 0.15) is 16.1 Å². The number of aryl methyl sites for hydroxylation is 1. The van der Waals surface area contributed by atoms with Gasteiger partial charge in [0.2, 0.25) is 0 Å². The van der Waals surface area contributed by atoms with Gasteiger partial charge in [-0.05, 0) is 46.6 Å². The largest absolute Gasteiger partial charge is 0.318 e. The molecule has 2 rings (SSSR count). The van der Waals surface area contributed by atoms with Crippen LogP contribution in [-0.2, 0) is 0 Å². The van der Waals surface area contributed by atoms with E-state index < -0.39 is 0 Å². The molecule has 98 valence electrons. The molecule has 7 heteroatoms. The fraction of sp³-hybridized carbons (Fsp3) is 0.0833. The number of carbonyl (C=O) groups excluding carboxylic acids is 1. The lowest BCUT2D eigenvalue weighted by Crippen LogP contribution is -2.15. The Morgan fingerprint density at radius 3 is 2.79 bits per heavy atom. The van der Waals surface area contributed by atoms with Crippen LogP contribution in [0, 0.1) is 6.92 Å². The second-order valence-corrected chi connectivity index (χ2v) is 5.32. The maximum absolute atomic E-state index is 12.1. The molecule has 2 aromatic heterocycles. The molecule has 0 saturated heterocycles. The van der Waals surface area contributed by atoms with Gasteiger partial charge in [0.25, 0.3) is 5.91 Å². The molecule has 0 spiro atoms. The molecule has 2 heterocycles. The summed E-state index contributed by atoms with van der Waals surface area (Å²) in [6, 6.07) is 5.08. The van der Waals surface area contributed by atoms with E-state index in [0.29, 0.717) is 10.2 Å². The van der Waals surface area contributed by atoms with Gasteiger partial charge in [0.1, 0.15) is 10.8 Å². The van der Waals surface area contributed by atoms with E-state index in [1.165, 1.54) is 6.20 Å². The third-order valence-corrected chi connectivity index (χ3v) is 3.46. The summed E-state index contributed by atoms with van der Waals surface area (Å²) in [5.74, 6) is -0.374. The molecule has 0 unspecified atom stereocenters. The van der Waals surface area contributed by atoms with Crippen LogP contribution >= 0.6 is 39.1 Å². The van der Waals surface area contributed by atoms with Crippen molar-refractivity contribution in [3.05, 3.63) is 50.4 Å². The van der Waals surface area contributed by atoms with Gasteiger partial charge in [-0.25, -0.2) is 9.97 Å². The highest BCUT2D eigenvalue weighted by Crippen LogP contribution is 2.27. The van der Waals surface area contributed by atoms with Crippen molar-refractivity contribution in [2.75, 3.05) is 5.32 Å². The molecular weight excluding hydrogens is 353 g/mol. The van der Waals surface area contributed by atoms with Crippen LogP contribution in [-0.4, -0.2) is 15.9 Å². The standard InChI is InChI=1S/C12H8BrCl2N3O/c1-6-5-8(14)17-11(15)9(6)18-12(19)10-7(13)3-2-4-16-10/h2-5H,1H3,(H,18,19). The number of nitrogens with one attached hydrogen (secondary N) is 1. The number of anilines is 1. The van der Waals surface area contributed by atoms with Crippen molar-refractivity contribution in [2.45, 2.75) is 6.92 Å². The molecule has 19 heavy (non-hydrogen) atoms. The van der Waals surface area contributed by atoms with Crippen LogP contribution in [0.3, 0.4) is 0 Å². The highest BCUT2D eigenvalue weighted by atomic mass is 79.9. The van der Waals surface area contributed by atoms with Crippen LogP contribution in [0.25, 0.3) is 0 Å². The lowest BCUT2D eigenvalue weighted by molar-refractivity contribution is 0.102. The Balaban J connectivity index is 2.32. The number of carbonyl (C=O) groups is 1. The number of rotatable bonds is 2. The quantitative estimate of drug-likeness (QED) is 0.820. The molecule has 0 aliphatic heterocycles. The molecule has 0 saturated carbocycles. The number of amides is 1. The number of halogens is 3. The molecule has 1 N–H and O–H groups in total. The summed E-state index contributed by atoms with van der Waals surface area (Å²) in [5.41, 5.74) is 1.42. The predicted molar refractivity (Wildman–Crippen MR) is 78.9 cm³/mol. The number of hydrogen-bond acceptors (Lipinski definition) is 3. The Kier molecular flexibility index (Phi) is 4.39. The normalized spacial score (nSPS) is 10.3. The van der Waals surface area contributed by atoms with Crippen molar-refractivity contribution in [3.63, 3.8) is 0 Å². The second-order valence-electron chi connectivity index (χ2n) is 3.72. The maximum Gasteiger partial charge on any atom is 0.275 e. The Labute approximate surface area is 128 Å². The van der Waals surface area contributed by atoms with E-state index in [2.05, 4.69) is 31.2 Å². The third-order valence-electron chi connectivity index (χ3n) is 2.35. The van der Waals surface area contributed by atoms with Gasteiger partial charge in [-0.3, -0.25) is 4.79 Å². The van der Waals surface area contributed by atoms with Crippen LogP contribution in [0.5, 0.6) is 0 Å². The van der Waals surface area contributed by atoms with Gasteiger partial charge in [0.15, 0.2) is 5.15 Å². The Bertz CT molecular complexity index is 626. The number of aromatic nitrogens is 2. The zero-order chi connectivity index (χ0) is 14.0. The number of hydrogen-bond donors (Lipinski definition) is 1. The van der Waals surface area contributed by atoms with Crippen molar-refractivity contribution in [3.8, 4) is 0 Å². The van der Waals surface area contributed by atoms with Crippen molar-refractivity contribution < 1.29 is 4.79 Å². The summed E-state index contributed by atoms with van der Waals surface area (Å²) >= 11 is 15.0. The molecular formula is C12H8BrCl2N3O. The van der Waals surface area contributed by atoms with E-state index in [1.54, 1.807) is 25.1 Å². The van der Waals surface area contributed by atoms with Crippen LogP contribution in [0.4, 0.5) is 5.69 Å². The van der Waals surface area contributed by atoms with Crippen molar-refractivity contribution in [1.29, 1.82) is 0 Å². The average Bonchev–Trinajstić information content (AvgIpc) is 2.34. The van der Waals surface area contributed by atoms with Gasteiger partial charge in [-0.15, -0.1) is 0 Å². The van der Waals surface area contributed by atoms with E-state index in [9.17, 15) is 4.79 Å². The summed E-state index contributed by atoms with van der Waals surface area (Å²) in [4.78, 5) is 20.0. The number of nitrogens with zero attached hydrogens (tertiary/aromatic N) is 2. The molecule has 0 bridgehead atoms. The number of pyridine rings is 2. The van der Waals surface area contributed by atoms with E-state index in [0.717, 1.165) is 5.56 Å². The average molecular weight is 361 g/mol. The van der Waals surface area contributed by atoms with E-state index in [4.69, 9.17) is 23.2 Å². The first-order valence-electron chi connectivity index (χ1n) is 5.23. The lowest BCUT2D eigenvalue weighted by Gasteiger charge is -2.10. The molecule has 0 aliphatic carbocycles. The zero-order valence-corrected chi connectivity index (χ0v) is 12.8. The molecule has 4 nitrogen and oxygen atoms in total. The Hall–Kier alpha value is -1.17. The first-order valence-corrected chi connectivity index (χ1v) is 6.78. The maximum atomic E-state index is 12.1. The minimum absolute atomic E-state index is 0.144. The minimum Gasteiger partial charge on any atom is -0.318 e. The van der Waals surface area contributed by atoms with Crippen LogP contribution < -0.4 is 5.32 Å². The topological polar surface area (TPSA) is 54.9 Å². The van der Waals surface area contributed by atoms with Crippen molar-refractivity contribution in [1.82, 2.24) is 9.97 Å². The van der Waals surface area contributed by atoms with Gasteiger partial charge in [0, 0.05) is 10.7 Å². The highest BCUT2D eigenvalue weighted by molar-refractivity contribution is 9.10. The Morgan fingerprint density at radius 2 is 2.16 bits per heavy atom. The Morgan fingerprint density at radius 1 is 1.42 bits per heavy atom. The van der Waals surface area contributed by atoms with Gasteiger partial charge in [-0.1, -0.05) is 23.2 Å². The van der Waals surface area contributed by atoms with Gasteiger partial charge in [0.05, 0.1) is 5.69 Å².